The van der Waals surface area contributed by atoms with Gasteiger partial charge < -0.3 is 9.47 Å². The van der Waals surface area contributed by atoms with Gasteiger partial charge in [0.15, 0.2) is 12.4 Å². The largest absolute Gasteiger partial charge is 0.496 e. The minimum atomic E-state index is -0.496. The average Bonchev–Trinajstić information content (AvgIpc) is 2.52. The molecule has 0 bridgehead atoms. The summed E-state index contributed by atoms with van der Waals surface area (Å²) in [6.45, 7) is -0.156. The van der Waals surface area contributed by atoms with Gasteiger partial charge >= 0.3 is 0 Å². The molecule has 7 heteroatoms. The topological polar surface area (TPSA) is 78.7 Å². The third-order valence-corrected chi connectivity index (χ3v) is 3.51. The van der Waals surface area contributed by atoms with Crippen molar-refractivity contribution in [3.8, 4) is 11.5 Å². The lowest BCUT2D eigenvalue weighted by molar-refractivity contribution is -0.384. The molecule has 0 aliphatic rings. The van der Waals surface area contributed by atoms with Crippen LogP contribution >= 0.6 is 15.9 Å². The molecular formula is C15H12BrNO5. The first-order chi connectivity index (χ1) is 10.5. The van der Waals surface area contributed by atoms with Crippen molar-refractivity contribution in [2.75, 3.05) is 13.7 Å². The van der Waals surface area contributed by atoms with Crippen molar-refractivity contribution < 1.29 is 19.2 Å². The molecule has 0 fully saturated rings. The Morgan fingerprint density at radius 1 is 1.23 bits per heavy atom. The van der Waals surface area contributed by atoms with Gasteiger partial charge in [-0.25, -0.2) is 0 Å². The van der Waals surface area contributed by atoms with Crippen LogP contribution in [0.4, 0.5) is 5.69 Å². The fourth-order valence-corrected chi connectivity index (χ4v) is 2.28. The number of ketones is 1. The summed E-state index contributed by atoms with van der Waals surface area (Å²) in [6.07, 6.45) is 0. The molecule has 0 aliphatic heterocycles. The van der Waals surface area contributed by atoms with Crippen LogP contribution in [-0.4, -0.2) is 24.4 Å². The van der Waals surface area contributed by atoms with Crippen LogP contribution in [0.2, 0.25) is 0 Å². The summed E-state index contributed by atoms with van der Waals surface area (Å²) in [5.41, 5.74) is 0.451. The Labute approximate surface area is 134 Å². The number of nitro groups is 1. The van der Waals surface area contributed by atoms with E-state index < -0.39 is 4.92 Å². The highest BCUT2D eigenvalue weighted by atomic mass is 79.9. The molecule has 0 unspecified atom stereocenters. The molecular weight excluding hydrogens is 354 g/mol. The molecule has 22 heavy (non-hydrogen) atoms. The molecule has 0 saturated carbocycles. The van der Waals surface area contributed by atoms with E-state index in [9.17, 15) is 14.9 Å². The summed E-state index contributed by atoms with van der Waals surface area (Å²) in [4.78, 5) is 22.1. The Balaban J connectivity index is 2.00. The predicted molar refractivity (Wildman–Crippen MR) is 83.6 cm³/mol. The zero-order valence-corrected chi connectivity index (χ0v) is 13.2. The molecule has 2 rings (SSSR count). The van der Waals surface area contributed by atoms with Crippen molar-refractivity contribution >= 4 is 27.4 Å². The van der Waals surface area contributed by atoms with Gasteiger partial charge in [-0.1, -0.05) is 0 Å². The second-order valence-corrected chi connectivity index (χ2v) is 5.17. The standard InChI is InChI=1S/C15H12BrNO5/c1-21-15-7-2-10(8-13(15)16)14(18)9-22-12-5-3-11(4-6-12)17(19)20/h2-8H,9H2,1H3. The number of Topliss-reactive ketones (excluding diaryl/α,β-unsaturated/α-hetero) is 1. The number of hydrogen-bond acceptors (Lipinski definition) is 5. The van der Waals surface area contributed by atoms with Gasteiger partial charge in [0.2, 0.25) is 0 Å². The lowest BCUT2D eigenvalue weighted by Crippen LogP contribution is -2.11. The van der Waals surface area contributed by atoms with Crippen LogP contribution < -0.4 is 9.47 Å². The van der Waals surface area contributed by atoms with Crippen molar-refractivity contribution in [3.05, 3.63) is 62.6 Å². The molecule has 2 aromatic carbocycles. The quantitative estimate of drug-likeness (QED) is 0.443. The number of rotatable bonds is 6. The first-order valence-corrected chi connectivity index (χ1v) is 7.04. The average molecular weight is 366 g/mol. The van der Waals surface area contributed by atoms with E-state index in [2.05, 4.69) is 15.9 Å². The fraction of sp³-hybridized carbons (Fsp3) is 0.133. The summed E-state index contributed by atoms with van der Waals surface area (Å²) < 4.78 is 11.1. The van der Waals surface area contributed by atoms with E-state index in [1.165, 1.54) is 24.3 Å². The molecule has 2 aromatic rings. The monoisotopic (exact) mass is 365 g/mol. The number of non-ortho nitro benzene ring substituents is 1. The first kappa shape index (κ1) is 16.0. The minimum absolute atomic E-state index is 0.0299. The van der Waals surface area contributed by atoms with Crippen LogP contribution in [0.1, 0.15) is 10.4 Å². The van der Waals surface area contributed by atoms with Gasteiger partial charge in [0.1, 0.15) is 11.5 Å². The molecule has 0 saturated heterocycles. The van der Waals surface area contributed by atoms with Crippen LogP contribution in [0.25, 0.3) is 0 Å². The van der Waals surface area contributed by atoms with E-state index in [-0.39, 0.29) is 18.1 Å². The summed E-state index contributed by atoms with van der Waals surface area (Å²) >= 11 is 3.31. The zero-order chi connectivity index (χ0) is 16.1. The Hall–Kier alpha value is -2.41. The first-order valence-electron chi connectivity index (χ1n) is 6.25. The van der Waals surface area contributed by atoms with Gasteiger partial charge in [-0.05, 0) is 46.3 Å². The smallest absolute Gasteiger partial charge is 0.269 e. The maximum absolute atomic E-state index is 12.1. The number of hydrogen-bond donors (Lipinski definition) is 0. The third kappa shape index (κ3) is 3.82. The van der Waals surface area contributed by atoms with Gasteiger partial charge in [-0.3, -0.25) is 14.9 Å². The fourth-order valence-electron chi connectivity index (χ4n) is 1.74. The van der Waals surface area contributed by atoms with E-state index in [1.807, 2.05) is 0 Å². The van der Waals surface area contributed by atoms with Crippen LogP contribution in [-0.2, 0) is 0 Å². The second kappa shape index (κ2) is 7.04. The highest BCUT2D eigenvalue weighted by Gasteiger charge is 2.11. The number of carbonyl (C=O) groups is 1. The van der Waals surface area contributed by atoms with E-state index in [0.717, 1.165) is 0 Å². The summed E-state index contributed by atoms with van der Waals surface area (Å²) in [5, 5.41) is 10.5. The normalized spacial score (nSPS) is 10.1. The van der Waals surface area contributed by atoms with Crippen LogP contribution in [0, 0.1) is 10.1 Å². The second-order valence-electron chi connectivity index (χ2n) is 4.31. The maximum atomic E-state index is 12.1. The van der Waals surface area contributed by atoms with Crippen LogP contribution in [0.15, 0.2) is 46.9 Å². The summed E-state index contributed by atoms with van der Waals surface area (Å²) in [6, 6.07) is 10.5. The van der Waals surface area contributed by atoms with E-state index in [1.54, 1.807) is 25.3 Å². The van der Waals surface area contributed by atoms with E-state index >= 15 is 0 Å². The van der Waals surface area contributed by atoms with E-state index in [0.29, 0.717) is 21.5 Å². The Bertz CT molecular complexity index is 700. The van der Waals surface area contributed by atoms with Gasteiger partial charge in [0.25, 0.3) is 5.69 Å². The summed E-state index contributed by atoms with van der Waals surface area (Å²) in [5.74, 6) is 0.820. The molecule has 0 spiro atoms. The SMILES string of the molecule is COc1ccc(C(=O)COc2ccc([N+](=O)[O-])cc2)cc1Br. The molecule has 0 amide bonds. The van der Waals surface area contributed by atoms with Crippen molar-refractivity contribution in [2.45, 2.75) is 0 Å². The molecule has 0 atom stereocenters. The Morgan fingerprint density at radius 3 is 2.45 bits per heavy atom. The maximum Gasteiger partial charge on any atom is 0.269 e. The molecule has 114 valence electrons. The Morgan fingerprint density at radius 2 is 1.91 bits per heavy atom. The van der Waals surface area contributed by atoms with Crippen LogP contribution in [0.5, 0.6) is 11.5 Å². The molecule has 0 heterocycles. The Kier molecular flexibility index (Phi) is 5.11. The molecule has 0 aliphatic carbocycles. The summed E-state index contributed by atoms with van der Waals surface area (Å²) in [7, 11) is 1.54. The third-order valence-electron chi connectivity index (χ3n) is 2.89. The van der Waals surface area contributed by atoms with Crippen molar-refractivity contribution in [1.29, 1.82) is 0 Å². The van der Waals surface area contributed by atoms with Crippen molar-refractivity contribution in [1.82, 2.24) is 0 Å². The minimum Gasteiger partial charge on any atom is -0.496 e. The van der Waals surface area contributed by atoms with E-state index in [4.69, 9.17) is 9.47 Å². The lowest BCUT2D eigenvalue weighted by atomic mass is 10.1. The number of nitrogens with zero attached hydrogens (tertiary/aromatic N) is 1. The number of ether oxygens (including phenoxy) is 2. The van der Waals surface area contributed by atoms with Crippen molar-refractivity contribution in [2.24, 2.45) is 0 Å². The molecule has 0 aromatic heterocycles. The number of carbonyl (C=O) groups excluding carboxylic acids is 1. The number of nitro benzene ring substituents is 1. The van der Waals surface area contributed by atoms with Crippen molar-refractivity contribution in [3.63, 3.8) is 0 Å². The number of methoxy groups -OCH3 is 1. The highest BCUT2D eigenvalue weighted by molar-refractivity contribution is 9.10. The zero-order valence-electron chi connectivity index (χ0n) is 11.6. The van der Waals surface area contributed by atoms with Gasteiger partial charge in [-0.15, -0.1) is 0 Å². The lowest BCUT2D eigenvalue weighted by Gasteiger charge is -2.07. The predicted octanol–water partition coefficient (Wildman–Crippen LogP) is 3.63. The van der Waals surface area contributed by atoms with Gasteiger partial charge in [0, 0.05) is 17.7 Å². The highest BCUT2D eigenvalue weighted by Crippen LogP contribution is 2.26. The van der Waals surface area contributed by atoms with Gasteiger partial charge in [0.05, 0.1) is 16.5 Å². The van der Waals surface area contributed by atoms with Crippen LogP contribution in [0.3, 0.4) is 0 Å². The molecule has 0 radical (unpaired) electrons. The van der Waals surface area contributed by atoms with Gasteiger partial charge in [-0.2, -0.15) is 0 Å². The number of halogens is 1. The number of benzene rings is 2. The molecule has 6 nitrogen and oxygen atoms in total. The molecule has 0 N–H and O–H groups in total.